The largest absolute Gasteiger partial charge is 0.480 e. The van der Waals surface area contributed by atoms with E-state index in [2.05, 4.69) is 5.32 Å². The molecule has 0 heterocycles. The van der Waals surface area contributed by atoms with Crippen molar-refractivity contribution in [3.63, 3.8) is 0 Å². The quantitative estimate of drug-likeness (QED) is 0.759. The fourth-order valence-corrected chi connectivity index (χ4v) is 2.70. The first-order chi connectivity index (χ1) is 8.29. The van der Waals surface area contributed by atoms with Gasteiger partial charge in [-0.15, -0.1) is 0 Å². The zero-order valence-electron chi connectivity index (χ0n) is 12.3. The molecule has 7 heteroatoms. The van der Waals surface area contributed by atoms with Crippen LogP contribution in [0.15, 0.2) is 0 Å². The molecular formula is C12H23NO5S. The molecule has 19 heavy (non-hydrogen) atoms. The van der Waals surface area contributed by atoms with Crippen molar-refractivity contribution in [3.8, 4) is 0 Å². The fraction of sp³-hybridized carbons (Fsp3) is 0.833. The smallest absolute Gasteiger partial charge is 0.324 e. The summed E-state index contributed by atoms with van der Waals surface area (Å²) in [5.74, 6) is -2.15. The van der Waals surface area contributed by atoms with Crippen LogP contribution < -0.4 is 5.32 Å². The lowest BCUT2D eigenvalue weighted by Crippen LogP contribution is -2.53. The molecular weight excluding hydrogens is 270 g/mol. The van der Waals surface area contributed by atoms with Crippen molar-refractivity contribution in [2.75, 3.05) is 0 Å². The Kier molecular flexibility index (Phi) is 5.16. The molecule has 0 aromatic heterocycles. The number of nitrogens with one attached hydrogen (secondary N) is 1. The maximum Gasteiger partial charge on any atom is 0.324 e. The van der Waals surface area contributed by atoms with Crippen LogP contribution in [0, 0.1) is 0 Å². The monoisotopic (exact) mass is 293 g/mol. The number of carboxylic acids is 1. The molecule has 0 rings (SSSR count). The summed E-state index contributed by atoms with van der Waals surface area (Å²) in [6.45, 7) is 8.78. The summed E-state index contributed by atoms with van der Waals surface area (Å²) in [5, 5.41) is 10.2. The summed E-state index contributed by atoms with van der Waals surface area (Å²) in [4.78, 5) is 23.0. The molecule has 0 aromatic rings. The summed E-state index contributed by atoms with van der Waals surface area (Å²) in [6, 6.07) is 0. The molecule has 2 N–H and O–H groups in total. The highest BCUT2D eigenvalue weighted by Crippen LogP contribution is 2.22. The molecule has 0 aliphatic heterocycles. The number of carbonyl (C=O) groups is 2. The standard InChI is InChI=1S/C12H23NO5S/c1-7-11(3,4)13-9(14)8(2)19(17,18)12(5,6)10(15)16/h8H,7H2,1-6H3,(H,13,14)(H,15,16). The number of aliphatic carboxylic acids is 1. The highest BCUT2D eigenvalue weighted by atomic mass is 32.2. The molecule has 0 aliphatic carbocycles. The van der Waals surface area contributed by atoms with Crippen molar-refractivity contribution in [3.05, 3.63) is 0 Å². The van der Waals surface area contributed by atoms with Gasteiger partial charge in [-0.2, -0.15) is 0 Å². The molecule has 0 radical (unpaired) electrons. The maximum atomic E-state index is 12.2. The third-order valence-electron chi connectivity index (χ3n) is 3.41. The van der Waals surface area contributed by atoms with E-state index in [0.29, 0.717) is 6.42 Å². The third kappa shape index (κ3) is 3.68. The summed E-state index contributed by atoms with van der Waals surface area (Å²) in [6.07, 6.45) is 0.633. The SMILES string of the molecule is CCC(C)(C)NC(=O)C(C)S(=O)(=O)C(C)(C)C(=O)O. The third-order valence-corrected chi connectivity index (χ3v) is 6.15. The second-order valence-electron chi connectivity index (χ2n) is 5.73. The van der Waals surface area contributed by atoms with Crippen molar-refractivity contribution in [1.29, 1.82) is 0 Å². The zero-order chi connectivity index (χ0) is 15.6. The van der Waals surface area contributed by atoms with Gasteiger partial charge in [0.25, 0.3) is 0 Å². The van der Waals surface area contributed by atoms with Crippen LogP contribution in [0.1, 0.15) is 48.0 Å². The minimum atomic E-state index is -4.13. The summed E-state index contributed by atoms with van der Waals surface area (Å²) >= 11 is 0. The first-order valence-electron chi connectivity index (χ1n) is 6.08. The summed E-state index contributed by atoms with van der Waals surface area (Å²) in [5.41, 5.74) is -0.534. The minimum Gasteiger partial charge on any atom is -0.480 e. The Balaban J connectivity index is 5.28. The van der Waals surface area contributed by atoms with Crippen LogP contribution in [0.5, 0.6) is 0 Å². The van der Waals surface area contributed by atoms with Crippen LogP contribution in [0.25, 0.3) is 0 Å². The Morgan fingerprint density at radius 3 is 1.95 bits per heavy atom. The van der Waals surface area contributed by atoms with Gasteiger partial charge in [0.2, 0.25) is 5.91 Å². The van der Waals surface area contributed by atoms with Gasteiger partial charge in [0.1, 0.15) is 5.25 Å². The average Bonchev–Trinajstić information content (AvgIpc) is 2.26. The molecule has 0 spiro atoms. The first kappa shape index (κ1) is 17.9. The Hall–Kier alpha value is -1.11. The van der Waals surface area contributed by atoms with E-state index in [1.165, 1.54) is 6.92 Å². The van der Waals surface area contributed by atoms with Crippen molar-refractivity contribution in [2.45, 2.75) is 63.5 Å². The highest BCUT2D eigenvalue weighted by Gasteiger charge is 2.47. The predicted octanol–water partition coefficient (Wildman–Crippen LogP) is 0.958. The topological polar surface area (TPSA) is 101 Å². The normalized spacial score (nSPS) is 14.8. The van der Waals surface area contributed by atoms with Crippen LogP contribution in [-0.4, -0.2) is 40.9 Å². The second kappa shape index (κ2) is 5.48. The van der Waals surface area contributed by atoms with Gasteiger partial charge < -0.3 is 10.4 Å². The number of sulfone groups is 1. The van der Waals surface area contributed by atoms with Gasteiger partial charge in [0.05, 0.1) is 0 Å². The number of rotatable bonds is 6. The number of hydrogen-bond donors (Lipinski definition) is 2. The van der Waals surface area contributed by atoms with Gasteiger partial charge in [0, 0.05) is 5.54 Å². The Labute approximate surface area is 114 Å². The Morgan fingerprint density at radius 2 is 1.63 bits per heavy atom. The van der Waals surface area contributed by atoms with E-state index in [-0.39, 0.29) is 0 Å². The van der Waals surface area contributed by atoms with E-state index >= 15 is 0 Å². The van der Waals surface area contributed by atoms with E-state index in [9.17, 15) is 18.0 Å². The fourth-order valence-electron chi connectivity index (χ4n) is 1.23. The van der Waals surface area contributed by atoms with Crippen molar-refractivity contribution >= 4 is 21.7 Å². The van der Waals surface area contributed by atoms with Crippen LogP contribution >= 0.6 is 0 Å². The van der Waals surface area contributed by atoms with Gasteiger partial charge in [-0.25, -0.2) is 8.42 Å². The number of carboxylic acid groups (broad SMARTS) is 1. The molecule has 1 unspecified atom stereocenters. The van der Waals surface area contributed by atoms with Crippen LogP contribution in [-0.2, 0) is 19.4 Å². The molecule has 0 aromatic carbocycles. The maximum absolute atomic E-state index is 12.2. The lowest BCUT2D eigenvalue weighted by atomic mass is 10.0. The van der Waals surface area contributed by atoms with Crippen molar-refractivity contribution in [2.24, 2.45) is 0 Å². The lowest BCUT2D eigenvalue weighted by molar-refractivity contribution is -0.139. The molecule has 6 nitrogen and oxygen atoms in total. The molecule has 112 valence electrons. The molecule has 1 amide bonds. The second-order valence-corrected chi connectivity index (χ2v) is 8.55. The van der Waals surface area contributed by atoms with Crippen molar-refractivity contribution < 1.29 is 23.1 Å². The summed E-state index contributed by atoms with van der Waals surface area (Å²) in [7, 11) is -4.13. The molecule has 0 saturated heterocycles. The lowest BCUT2D eigenvalue weighted by Gasteiger charge is -2.29. The van der Waals surface area contributed by atoms with Crippen LogP contribution in [0.2, 0.25) is 0 Å². The first-order valence-corrected chi connectivity index (χ1v) is 7.63. The van der Waals surface area contributed by atoms with Gasteiger partial charge in [-0.3, -0.25) is 9.59 Å². The van der Waals surface area contributed by atoms with Crippen LogP contribution in [0.3, 0.4) is 0 Å². The molecule has 0 bridgehead atoms. The van der Waals surface area contributed by atoms with Gasteiger partial charge >= 0.3 is 5.97 Å². The Bertz CT molecular complexity index is 465. The zero-order valence-corrected chi connectivity index (χ0v) is 13.1. The van der Waals surface area contributed by atoms with E-state index in [0.717, 1.165) is 13.8 Å². The number of hydrogen-bond acceptors (Lipinski definition) is 4. The summed E-state index contributed by atoms with van der Waals surface area (Å²) < 4.78 is 22.3. The van der Waals surface area contributed by atoms with Gasteiger partial charge in [-0.1, -0.05) is 6.92 Å². The van der Waals surface area contributed by atoms with Crippen LogP contribution in [0.4, 0.5) is 0 Å². The van der Waals surface area contributed by atoms with E-state index in [1.807, 2.05) is 6.92 Å². The minimum absolute atomic E-state index is 0.534. The molecule has 0 saturated carbocycles. The number of amides is 1. The van der Waals surface area contributed by atoms with E-state index in [1.54, 1.807) is 13.8 Å². The van der Waals surface area contributed by atoms with Crippen molar-refractivity contribution in [1.82, 2.24) is 5.32 Å². The van der Waals surface area contributed by atoms with E-state index in [4.69, 9.17) is 5.11 Å². The predicted molar refractivity (Wildman–Crippen MR) is 72.6 cm³/mol. The molecule has 1 atom stereocenters. The highest BCUT2D eigenvalue weighted by molar-refractivity contribution is 7.94. The molecule has 0 fully saturated rings. The average molecular weight is 293 g/mol. The van der Waals surface area contributed by atoms with E-state index < -0.39 is 37.2 Å². The molecule has 0 aliphatic rings. The number of carbonyl (C=O) groups excluding carboxylic acids is 1. The van der Waals surface area contributed by atoms with Gasteiger partial charge in [0.15, 0.2) is 14.6 Å². The van der Waals surface area contributed by atoms with Gasteiger partial charge in [-0.05, 0) is 41.0 Å². The Morgan fingerprint density at radius 1 is 1.21 bits per heavy atom.